The minimum absolute atomic E-state index is 0.439. The molecule has 92 valence electrons. The number of anilines is 2. The average Bonchev–Trinajstić information content (AvgIpc) is 2.65. The first-order valence-corrected chi connectivity index (χ1v) is 6.05. The second-order valence-corrected chi connectivity index (χ2v) is 4.77. The fraction of sp³-hybridized carbons (Fsp3) is 0.286. The lowest BCUT2D eigenvalue weighted by atomic mass is 10.1. The van der Waals surface area contributed by atoms with Crippen LogP contribution in [0.4, 0.5) is 11.4 Å². The summed E-state index contributed by atoms with van der Waals surface area (Å²) in [5, 5.41) is 2.61. The molecule has 2 aliphatic heterocycles. The van der Waals surface area contributed by atoms with Crippen molar-refractivity contribution in [2.75, 3.05) is 23.3 Å². The van der Waals surface area contributed by atoms with Crippen molar-refractivity contribution in [3.63, 3.8) is 0 Å². The third-order valence-corrected chi connectivity index (χ3v) is 3.40. The molecule has 0 bridgehead atoms. The Morgan fingerprint density at radius 1 is 1.28 bits per heavy atom. The smallest absolute Gasteiger partial charge is 0.296 e. The van der Waals surface area contributed by atoms with Gasteiger partial charge in [-0.15, -0.1) is 0 Å². The fourth-order valence-corrected chi connectivity index (χ4v) is 2.46. The molecule has 0 aromatic heterocycles. The summed E-state index contributed by atoms with van der Waals surface area (Å²) < 4.78 is 0. The molecule has 0 unspecified atom stereocenters. The molecule has 1 N–H and O–H groups in total. The predicted molar refractivity (Wildman–Crippen MR) is 70.0 cm³/mol. The van der Waals surface area contributed by atoms with E-state index < -0.39 is 11.7 Å². The number of ketones is 1. The number of amides is 1. The molecule has 4 nitrogen and oxygen atoms in total. The number of carbonyl (C=O) groups excluding carboxylic acids is 2. The van der Waals surface area contributed by atoms with Crippen LogP contribution in [0.15, 0.2) is 29.8 Å². The van der Waals surface area contributed by atoms with Crippen molar-refractivity contribution in [3.05, 3.63) is 35.4 Å². The Hall–Kier alpha value is -2.10. The highest BCUT2D eigenvalue weighted by molar-refractivity contribution is 6.51. The quantitative estimate of drug-likeness (QED) is 0.605. The Balaban J connectivity index is 1.92. The van der Waals surface area contributed by atoms with Gasteiger partial charge in [0.05, 0.1) is 11.3 Å². The summed E-state index contributed by atoms with van der Waals surface area (Å²) in [5.74, 6) is -0.969. The van der Waals surface area contributed by atoms with E-state index >= 15 is 0 Å². The van der Waals surface area contributed by atoms with Gasteiger partial charge in [0, 0.05) is 18.8 Å². The van der Waals surface area contributed by atoms with Crippen LogP contribution in [-0.4, -0.2) is 24.8 Å². The van der Waals surface area contributed by atoms with E-state index in [-0.39, 0.29) is 0 Å². The SMILES string of the molecule is CC1=CCCN(c2ccc3c(c2)NC(=O)C3=O)C1. The van der Waals surface area contributed by atoms with Crippen molar-refractivity contribution >= 4 is 23.1 Å². The van der Waals surface area contributed by atoms with Gasteiger partial charge in [0.2, 0.25) is 0 Å². The second kappa shape index (κ2) is 3.98. The molecule has 0 saturated heterocycles. The molecule has 0 fully saturated rings. The summed E-state index contributed by atoms with van der Waals surface area (Å²) >= 11 is 0. The van der Waals surface area contributed by atoms with Gasteiger partial charge < -0.3 is 10.2 Å². The largest absolute Gasteiger partial charge is 0.367 e. The Bertz CT molecular complexity index is 575. The molecule has 0 aliphatic carbocycles. The molecule has 2 aliphatic rings. The number of nitrogens with zero attached hydrogens (tertiary/aromatic N) is 1. The Labute approximate surface area is 105 Å². The van der Waals surface area contributed by atoms with E-state index in [0.717, 1.165) is 25.2 Å². The molecule has 0 saturated carbocycles. The number of nitrogens with one attached hydrogen (secondary N) is 1. The normalized spacial score (nSPS) is 18.5. The summed E-state index contributed by atoms with van der Waals surface area (Å²) in [6.07, 6.45) is 3.28. The summed E-state index contributed by atoms with van der Waals surface area (Å²) in [6, 6.07) is 5.53. The number of rotatable bonds is 1. The van der Waals surface area contributed by atoms with E-state index in [9.17, 15) is 9.59 Å². The van der Waals surface area contributed by atoms with E-state index in [1.54, 1.807) is 6.07 Å². The van der Waals surface area contributed by atoms with Crippen molar-refractivity contribution in [2.45, 2.75) is 13.3 Å². The van der Waals surface area contributed by atoms with Gasteiger partial charge in [-0.1, -0.05) is 11.6 Å². The number of fused-ring (bicyclic) bond motifs is 1. The zero-order valence-corrected chi connectivity index (χ0v) is 10.2. The van der Waals surface area contributed by atoms with Crippen LogP contribution < -0.4 is 10.2 Å². The van der Waals surface area contributed by atoms with E-state index in [0.29, 0.717) is 11.3 Å². The van der Waals surface area contributed by atoms with E-state index in [2.05, 4.69) is 23.2 Å². The van der Waals surface area contributed by atoms with E-state index in [1.807, 2.05) is 12.1 Å². The van der Waals surface area contributed by atoms with Crippen molar-refractivity contribution in [1.82, 2.24) is 0 Å². The van der Waals surface area contributed by atoms with Crippen molar-refractivity contribution in [1.29, 1.82) is 0 Å². The third kappa shape index (κ3) is 1.70. The first-order chi connectivity index (χ1) is 8.65. The monoisotopic (exact) mass is 242 g/mol. The maximum Gasteiger partial charge on any atom is 0.296 e. The molecule has 3 rings (SSSR count). The molecule has 2 heterocycles. The van der Waals surface area contributed by atoms with Gasteiger partial charge in [-0.05, 0) is 31.5 Å². The van der Waals surface area contributed by atoms with Gasteiger partial charge in [-0.25, -0.2) is 0 Å². The average molecular weight is 242 g/mol. The molecule has 0 radical (unpaired) electrons. The van der Waals surface area contributed by atoms with Crippen LogP contribution in [-0.2, 0) is 4.79 Å². The molecule has 4 heteroatoms. The summed E-state index contributed by atoms with van der Waals surface area (Å²) in [4.78, 5) is 25.0. The third-order valence-electron chi connectivity index (χ3n) is 3.40. The van der Waals surface area contributed by atoms with Crippen molar-refractivity contribution in [2.24, 2.45) is 0 Å². The van der Waals surface area contributed by atoms with Crippen LogP contribution in [0.3, 0.4) is 0 Å². The molecular weight excluding hydrogens is 228 g/mol. The molecule has 1 aromatic carbocycles. The van der Waals surface area contributed by atoms with Crippen molar-refractivity contribution < 1.29 is 9.59 Å². The predicted octanol–water partition coefficient (Wildman–Crippen LogP) is 1.98. The molecular formula is C14H14N2O2. The number of Topliss-reactive ketones (excluding diaryl/α,β-unsaturated/α-hetero) is 1. The minimum Gasteiger partial charge on any atom is -0.367 e. The van der Waals surface area contributed by atoms with Crippen molar-refractivity contribution in [3.8, 4) is 0 Å². The van der Waals surface area contributed by atoms with Gasteiger partial charge in [-0.3, -0.25) is 9.59 Å². The maximum absolute atomic E-state index is 11.5. The zero-order chi connectivity index (χ0) is 12.7. The lowest BCUT2D eigenvalue weighted by Crippen LogP contribution is -2.29. The summed E-state index contributed by atoms with van der Waals surface area (Å²) in [5.41, 5.74) is 3.51. The van der Waals surface area contributed by atoms with Gasteiger partial charge in [0.1, 0.15) is 0 Å². The Morgan fingerprint density at radius 3 is 2.89 bits per heavy atom. The van der Waals surface area contributed by atoms with Crippen LogP contribution in [0.25, 0.3) is 0 Å². The number of benzene rings is 1. The first kappa shape index (κ1) is 11.0. The molecule has 1 aromatic rings. The lowest BCUT2D eigenvalue weighted by Gasteiger charge is -2.28. The highest BCUT2D eigenvalue weighted by atomic mass is 16.2. The van der Waals surface area contributed by atoms with E-state index in [1.165, 1.54) is 5.57 Å². The van der Waals surface area contributed by atoms with Crippen LogP contribution in [0, 0.1) is 0 Å². The summed E-state index contributed by atoms with van der Waals surface area (Å²) in [7, 11) is 0. The second-order valence-electron chi connectivity index (χ2n) is 4.77. The highest BCUT2D eigenvalue weighted by Crippen LogP contribution is 2.29. The maximum atomic E-state index is 11.5. The molecule has 0 spiro atoms. The first-order valence-electron chi connectivity index (χ1n) is 6.05. The van der Waals surface area contributed by atoms with E-state index in [4.69, 9.17) is 0 Å². The number of hydrogen-bond donors (Lipinski definition) is 1. The highest BCUT2D eigenvalue weighted by Gasteiger charge is 2.28. The topological polar surface area (TPSA) is 49.4 Å². The van der Waals surface area contributed by atoms with Gasteiger partial charge in [0.15, 0.2) is 0 Å². The van der Waals surface area contributed by atoms with Crippen LogP contribution in [0.1, 0.15) is 23.7 Å². The van der Waals surface area contributed by atoms with Crippen LogP contribution in [0.2, 0.25) is 0 Å². The number of hydrogen-bond acceptors (Lipinski definition) is 3. The standard InChI is InChI=1S/C14H14N2O2/c1-9-3-2-6-16(8-9)10-4-5-11-12(7-10)15-14(18)13(11)17/h3-5,7H,2,6,8H2,1H3,(H,15,17,18). The van der Waals surface area contributed by atoms with Gasteiger partial charge in [-0.2, -0.15) is 0 Å². The fourth-order valence-electron chi connectivity index (χ4n) is 2.46. The minimum atomic E-state index is -0.531. The molecule has 1 amide bonds. The molecule has 18 heavy (non-hydrogen) atoms. The Morgan fingerprint density at radius 2 is 2.11 bits per heavy atom. The van der Waals surface area contributed by atoms with Crippen LogP contribution in [0.5, 0.6) is 0 Å². The summed E-state index contributed by atoms with van der Waals surface area (Å²) in [6.45, 7) is 3.99. The van der Waals surface area contributed by atoms with Gasteiger partial charge in [0.25, 0.3) is 11.7 Å². The lowest BCUT2D eigenvalue weighted by molar-refractivity contribution is -0.112. The van der Waals surface area contributed by atoms with Gasteiger partial charge >= 0.3 is 0 Å². The Kier molecular flexibility index (Phi) is 2.44. The van der Waals surface area contributed by atoms with Crippen LogP contribution >= 0.6 is 0 Å². The number of carbonyl (C=O) groups is 2. The molecule has 0 atom stereocenters. The zero-order valence-electron chi connectivity index (χ0n) is 10.2.